The van der Waals surface area contributed by atoms with Crippen LogP contribution in [0.2, 0.25) is 0 Å². The van der Waals surface area contributed by atoms with Crippen LogP contribution in [0.25, 0.3) is 0 Å². The fourth-order valence-electron chi connectivity index (χ4n) is 1.79. The van der Waals surface area contributed by atoms with E-state index in [9.17, 15) is 4.79 Å². The third kappa shape index (κ3) is 2.99. The van der Waals surface area contributed by atoms with E-state index in [-0.39, 0.29) is 12.0 Å². The summed E-state index contributed by atoms with van der Waals surface area (Å²) in [6, 6.07) is 0.00227. The van der Waals surface area contributed by atoms with Gasteiger partial charge in [0, 0.05) is 0 Å². The van der Waals surface area contributed by atoms with E-state index in [1.807, 2.05) is 14.0 Å². The molecular weight excluding hydrogens is 166 g/mol. The number of likely N-dealkylation sites (N-methyl/N-ethyl adjacent to an activating group) is 1. The smallest absolute Gasteiger partial charge is 0.323 e. The van der Waals surface area contributed by atoms with E-state index in [2.05, 4.69) is 4.90 Å². The Morgan fingerprint density at radius 2 is 2.23 bits per heavy atom. The van der Waals surface area contributed by atoms with Gasteiger partial charge >= 0.3 is 5.97 Å². The summed E-state index contributed by atoms with van der Waals surface area (Å²) in [5, 5.41) is 0. The van der Waals surface area contributed by atoms with Crippen LogP contribution in [0.3, 0.4) is 0 Å². The second-order valence-electron chi connectivity index (χ2n) is 3.60. The molecule has 0 spiro atoms. The number of carbonyl (C=O) groups is 1. The third-order valence-corrected chi connectivity index (χ3v) is 2.58. The molecule has 0 aliphatic carbocycles. The molecule has 1 saturated heterocycles. The van der Waals surface area contributed by atoms with Gasteiger partial charge in [-0.1, -0.05) is 12.8 Å². The molecule has 0 N–H and O–H groups in total. The Morgan fingerprint density at radius 3 is 2.92 bits per heavy atom. The quantitative estimate of drug-likeness (QED) is 0.609. The van der Waals surface area contributed by atoms with Crippen molar-refractivity contribution in [2.75, 3.05) is 20.2 Å². The van der Waals surface area contributed by atoms with Crippen LogP contribution in [0.15, 0.2) is 0 Å². The van der Waals surface area contributed by atoms with Gasteiger partial charge in [-0.25, -0.2) is 0 Å². The molecule has 0 amide bonds. The SMILES string of the molecule is CCOC(=O)C1CCCCCN1C. The molecule has 1 aliphatic rings. The fourth-order valence-corrected chi connectivity index (χ4v) is 1.79. The van der Waals surface area contributed by atoms with Crippen molar-refractivity contribution in [3.63, 3.8) is 0 Å². The lowest BCUT2D eigenvalue weighted by Crippen LogP contribution is -2.39. The number of carbonyl (C=O) groups excluding carboxylic acids is 1. The summed E-state index contributed by atoms with van der Waals surface area (Å²) in [6.45, 7) is 3.36. The zero-order chi connectivity index (χ0) is 9.68. The fraction of sp³-hybridized carbons (Fsp3) is 0.900. The zero-order valence-electron chi connectivity index (χ0n) is 8.58. The zero-order valence-corrected chi connectivity index (χ0v) is 8.58. The standard InChI is InChI=1S/C10H19NO2/c1-3-13-10(12)9-7-5-4-6-8-11(9)2/h9H,3-8H2,1-2H3. The van der Waals surface area contributed by atoms with Crippen molar-refractivity contribution in [1.29, 1.82) is 0 Å². The Kier molecular flexibility index (Phi) is 4.22. The first-order valence-electron chi connectivity index (χ1n) is 5.12. The van der Waals surface area contributed by atoms with E-state index >= 15 is 0 Å². The van der Waals surface area contributed by atoms with Crippen LogP contribution in [-0.2, 0) is 9.53 Å². The molecule has 1 heterocycles. The van der Waals surface area contributed by atoms with Crippen molar-refractivity contribution in [2.24, 2.45) is 0 Å². The van der Waals surface area contributed by atoms with Crippen molar-refractivity contribution in [2.45, 2.75) is 38.6 Å². The molecule has 1 aliphatic heterocycles. The van der Waals surface area contributed by atoms with E-state index in [0.29, 0.717) is 6.61 Å². The van der Waals surface area contributed by atoms with Gasteiger partial charge in [0.05, 0.1) is 6.61 Å². The monoisotopic (exact) mass is 185 g/mol. The van der Waals surface area contributed by atoms with Crippen LogP contribution in [0, 0.1) is 0 Å². The maximum atomic E-state index is 11.5. The minimum absolute atomic E-state index is 0.00227. The molecule has 1 unspecified atom stereocenters. The molecule has 1 rings (SSSR count). The van der Waals surface area contributed by atoms with E-state index < -0.39 is 0 Å². The Labute approximate surface area is 80.1 Å². The van der Waals surface area contributed by atoms with Gasteiger partial charge in [0.25, 0.3) is 0 Å². The maximum absolute atomic E-state index is 11.5. The van der Waals surface area contributed by atoms with Crippen molar-refractivity contribution >= 4 is 5.97 Å². The maximum Gasteiger partial charge on any atom is 0.323 e. The molecule has 1 fully saturated rings. The minimum Gasteiger partial charge on any atom is -0.465 e. The predicted octanol–water partition coefficient (Wildman–Crippen LogP) is 1.42. The Morgan fingerprint density at radius 1 is 1.46 bits per heavy atom. The molecule has 76 valence electrons. The molecule has 0 saturated carbocycles. The molecule has 13 heavy (non-hydrogen) atoms. The van der Waals surface area contributed by atoms with Gasteiger partial charge in [-0.2, -0.15) is 0 Å². The number of hydrogen-bond acceptors (Lipinski definition) is 3. The summed E-state index contributed by atoms with van der Waals surface area (Å²) < 4.78 is 5.03. The van der Waals surface area contributed by atoms with E-state index in [1.165, 1.54) is 12.8 Å². The Bertz CT molecular complexity index is 170. The lowest BCUT2D eigenvalue weighted by atomic mass is 10.1. The van der Waals surface area contributed by atoms with Gasteiger partial charge < -0.3 is 4.74 Å². The highest BCUT2D eigenvalue weighted by molar-refractivity contribution is 5.75. The van der Waals surface area contributed by atoms with Gasteiger partial charge in [0.15, 0.2) is 0 Å². The lowest BCUT2D eigenvalue weighted by molar-refractivity contribution is -0.149. The van der Waals surface area contributed by atoms with Crippen molar-refractivity contribution in [1.82, 2.24) is 4.90 Å². The molecule has 0 aromatic rings. The first kappa shape index (κ1) is 10.5. The van der Waals surface area contributed by atoms with E-state index in [4.69, 9.17) is 4.74 Å². The first-order chi connectivity index (χ1) is 6.25. The highest BCUT2D eigenvalue weighted by Gasteiger charge is 2.25. The van der Waals surface area contributed by atoms with Gasteiger partial charge in [0.2, 0.25) is 0 Å². The summed E-state index contributed by atoms with van der Waals surface area (Å²) >= 11 is 0. The second-order valence-corrected chi connectivity index (χ2v) is 3.60. The number of ether oxygens (including phenoxy) is 1. The van der Waals surface area contributed by atoms with Crippen molar-refractivity contribution < 1.29 is 9.53 Å². The topological polar surface area (TPSA) is 29.5 Å². The third-order valence-electron chi connectivity index (χ3n) is 2.58. The van der Waals surface area contributed by atoms with E-state index in [1.54, 1.807) is 0 Å². The van der Waals surface area contributed by atoms with E-state index in [0.717, 1.165) is 19.4 Å². The summed E-state index contributed by atoms with van der Waals surface area (Å²) in [6.07, 6.45) is 4.54. The Hall–Kier alpha value is -0.570. The number of nitrogens with zero attached hydrogens (tertiary/aromatic N) is 1. The van der Waals surface area contributed by atoms with Crippen molar-refractivity contribution in [3.8, 4) is 0 Å². The minimum atomic E-state index is -0.0492. The lowest BCUT2D eigenvalue weighted by Gasteiger charge is -2.23. The second kappa shape index (κ2) is 5.22. The van der Waals surface area contributed by atoms with Crippen LogP contribution < -0.4 is 0 Å². The molecule has 3 nitrogen and oxygen atoms in total. The van der Waals surface area contributed by atoms with Crippen LogP contribution in [0.1, 0.15) is 32.6 Å². The summed E-state index contributed by atoms with van der Waals surface area (Å²) in [5.74, 6) is -0.0492. The summed E-state index contributed by atoms with van der Waals surface area (Å²) in [4.78, 5) is 13.6. The summed E-state index contributed by atoms with van der Waals surface area (Å²) in [7, 11) is 2.01. The number of likely N-dealkylation sites (tertiary alicyclic amines) is 1. The molecule has 0 bridgehead atoms. The van der Waals surface area contributed by atoms with Crippen LogP contribution in [0.4, 0.5) is 0 Å². The number of hydrogen-bond donors (Lipinski definition) is 0. The largest absolute Gasteiger partial charge is 0.465 e. The van der Waals surface area contributed by atoms with Crippen LogP contribution >= 0.6 is 0 Å². The average Bonchev–Trinajstić information content (AvgIpc) is 2.30. The normalized spacial score (nSPS) is 25.2. The average molecular weight is 185 g/mol. The molecule has 1 atom stereocenters. The van der Waals surface area contributed by atoms with Gasteiger partial charge in [-0.05, 0) is 33.4 Å². The van der Waals surface area contributed by atoms with Crippen molar-refractivity contribution in [3.05, 3.63) is 0 Å². The Balaban J connectivity index is 2.48. The molecule has 0 aromatic heterocycles. The predicted molar refractivity (Wildman–Crippen MR) is 51.5 cm³/mol. The van der Waals surface area contributed by atoms with Crippen LogP contribution in [-0.4, -0.2) is 37.1 Å². The highest BCUT2D eigenvalue weighted by Crippen LogP contribution is 2.15. The van der Waals surface area contributed by atoms with Gasteiger partial charge in [0.1, 0.15) is 6.04 Å². The van der Waals surface area contributed by atoms with Crippen LogP contribution in [0.5, 0.6) is 0 Å². The van der Waals surface area contributed by atoms with Gasteiger partial charge in [-0.15, -0.1) is 0 Å². The first-order valence-corrected chi connectivity index (χ1v) is 5.12. The molecule has 0 radical (unpaired) electrons. The molecule has 0 aromatic carbocycles. The number of esters is 1. The van der Waals surface area contributed by atoms with Gasteiger partial charge in [-0.3, -0.25) is 9.69 Å². The molecule has 3 heteroatoms. The highest BCUT2D eigenvalue weighted by atomic mass is 16.5. The summed E-state index contributed by atoms with van der Waals surface area (Å²) in [5.41, 5.74) is 0. The number of rotatable bonds is 2. The molecular formula is C10H19NO2.